The van der Waals surface area contributed by atoms with Crippen LogP contribution < -0.4 is 0 Å². The molecule has 0 spiro atoms. The van der Waals surface area contributed by atoms with Crippen molar-refractivity contribution in [1.82, 2.24) is 9.55 Å². The van der Waals surface area contributed by atoms with Crippen LogP contribution in [0.1, 0.15) is 0 Å². The molecule has 0 saturated carbocycles. The molecule has 0 bridgehead atoms. The number of aromatic nitrogens is 2. The van der Waals surface area contributed by atoms with Crippen LogP contribution in [0, 0.1) is 0 Å². The van der Waals surface area contributed by atoms with Crippen LogP contribution in [0.4, 0.5) is 0 Å². The second kappa shape index (κ2) is 7.01. The molecular formula is C30H20N2O. The first-order valence-corrected chi connectivity index (χ1v) is 11.1. The van der Waals surface area contributed by atoms with Crippen molar-refractivity contribution in [2.24, 2.45) is 0 Å². The molecule has 4 aromatic carbocycles. The molecule has 0 saturated heterocycles. The summed E-state index contributed by atoms with van der Waals surface area (Å²) < 4.78 is 8.03. The highest BCUT2D eigenvalue weighted by atomic mass is 16.3. The average Bonchev–Trinajstić information content (AvgIpc) is 3.60. The number of aromatic amines is 1. The van der Waals surface area contributed by atoms with Gasteiger partial charge in [0.1, 0.15) is 5.76 Å². The lowest BCUT2D eigenvalue weighted by Gasteiger charge is -2.10. The molecule has 0 aliphatic heterocycles. The van der Waals surface area contributed by atoms with Gasteiger partial charge in [-0.2, -0.15) is 0 Å². The zero-order chi connectivity index (χ0) is 21.8. The summed E-state index contributed by atoms with van der Waals surface area (Å²) >= 11 is 0. The smallest absolute Gasteiger partial charge is 0.133 e. The van der Waals surface area contributed by atoms with Gasteiger partial charge in [-0.1, -0.05) is 60.7 Å². The van der Waals surface area contributed by atoms with Gasteiger partial charge < -0.3 is 14.0 Å². The summed E-state index contributed by atoms with van der Waals surface area (Å²) in [6.07, 6.45) is 1.72. The van der Waals surface area contributed by atoms with E-state index in [1.165, 1.54) is 32.9 Å². The Morgan fingerprint density at radius 3 is 2.18 bits per heavy atom. The number of hydrogen-bond donors (Lipinski definition) is 1. The molecule has 0 fully saturated rings. The normalized spacial score (nSPS) is 11.6. The monoisotopic (exact) mass is 424 g/mol. The second-order valence-electron chi connectivity index (χ2n) is 8.35. The Kier molecular flexibility index (Phi) is 3.84. The highest BCUT2D eigenvalue weighted by Crippen LogP contribution is 2.38. The predicted octanol–water partition coefficient (Wildman–Crippen LogP) is 8.19. The lowest BCUT2D eigenvalue weighted by Crippen LogP contribution is -1.93. The van der Waals surface area contributed by atoms with Crippen molar-refractivity contribution >= 4 is 32.8 Å². The molecular weight excluding hydrogens is 404 g/mol. The van der Waals surface area contributed by atoms with Gasteiger partial charge >= 0.3 is 0 Å². The number of rotatable bonds is 3. The standard InChI is InChI=1S/C30H20N2O/c1-2-7-20(8-3-1)21-12-15-23(16-13-21)32-27-17-14-22(28-11-6-18-33-28)19-25(27)29-30(32)24-9-4-5-10-26(24)31-29/h1-19,31H. The van der Waals surface area contributed by atoms with Crippen molar-refractivity contribution in [2.75, 3.05) is 0 Å². The third-order valence-corrected chi connectivity index (χ3v) is 6.45. The Morgan fingerprint density at radius 2 is 1.36 bits per heavy atom. The Bertz CT molecular complexity index is 1730. The van der Waals surface area contributed by atoms with Gasteiger partial charge in [-0.05, 0) is 59.7 Å². The fraction of sp³-hybridized carbons (Fsp3) is 0. The Balaban J connectivity index is 1.50. The SMILES string of the molecule is c1ccc(-c2ccc(-n3c4ccc(-c5ccco5)cc4c4[nH]c5ccccc5c43)cc2)cc1. The van der Waals surface area contributed by atoms with Crippen LogP contribution in [0.25, 0.3) is 61.0 Å². The summed E-state index contributed by atoms with van der Waals surface area (Å²) in [5.41, 5.74) is 9.31. The van der Waals surface area contributed by atoms with Crippen molar-refractivity contribution in [3.8, 4) is 28.1 Å². The van der Waals surface area contributed by atoms with Crippen LogP contribution in [0.3, 0.4) is 0 Å². The summed E-state index contributed by atoms with van der Waals surface area (Å²) in [4.78, 5) is 3.67. The fourth-order valence-corrected chi connectivity index (χ4v) is 4.90. The van der Waals surface area contributed by atoms with E-state index in [0.29, 0.717) is 0 Å². The van der Waals surface area contributed by atoms with Crippen LogP contribution in [0.2, 0.25) is 0 Å². The van der Waals surface area contributed by atoms with Gasteiger partial charge in [0.25, 0.3) is 0 Å². The zero-order valence-corrected chi connectivity index (χ0v) is 17.8. The Hall–Kier alpha value is -4.50. The van der Waals surface area contributed by atoms with E-state index in [0.717, 1.165) is 28.0 Å². The lowest BCUT2D eigenvalue weighted by atomic mass is 10.1. The largest absolute Gasteiger partial charge is 0.464 e. The van der Waals surface area contributed by atoms with Gasteiger partial charge in [0.2, 0.25) is 0 Å². The molecule has 33 heavy (non-hydrogen) atoms. The van der Waals surface area contributed by atoms with Crippen LogP contribution in [0.15, 0.2) is 120 Å². The minimum Gasteiger partial charge on any atom is -0.464 e. The molecule has 1 N–H and O–H groups in total. The molecule has 0 amide bonds. The Morgan fingerprint density at radius 1 is 0.606 bits per heavy atom. The van der Waals surface area contributed by atoms with Crippen molar-refractivity contribution in [3.63, 3.8) is 0 Å². The van der Waals surface area contributed by atoms with E-state index in [2.05, 4.69) is 107 Å². The molecule has 0 unspecified atom stereocenters. The number of furan rings is 1. The summed E-state index contributed by atoms with van der Waals surface area (Å²) in [5.74, 6) is 0.876. The van der Waals surface area contributed by atoms with Crippen LogP contribution in [0.5, 0.6) is 0 Å². The van der Waals surface area contributed by atoms with Gasteiger partial charge in [-0.3, -0.25) is 0 Å². The van der Waals surface area contributed by atoms with Crippen molar-refractivity contribution in [1.29, 1.82) is 0 Å². The highest BCUT2D eigenvalue weighted by Gasteiger charge is 2.18. The molecule has 7 aromatic rings. The molecule has 3 heterocycles. The Labute approximate surface area is 190 Å². The van der Waals surface area contributed by atoms with Crippen molar-refractivity contribution < 1.29 is 4.42 Å². The third kappa shape index (κ3) is 2.76. The van der Waals surface area contributed by atoms with Crippen LogP contribution >= 0.6 is 0 Å². The quantitative estimate of drug-likeness (QED) is 0.305. The first-order valence-electron chi connectivity index (χ1n) is 11.1. The van der Waals surface area contributed by atoms with E-state index in [1.54, 1.807) is 6.26 Å². The van der Waals surface area contributed by atoms with E-state index < -0.39 is 0 Å². The van der Waals surface area contributed by atoms with E-state index >= 15 is 0 Å². The molecule has 0 aliphatic carbocycles. The maximum Gasteiger partial charge on any atom is 0.133 e. The number of H-pyrrole nitrogens is 1. The molecule has 0 aliphatic rings. The second-order valence-corrected chi connectivity index (χ2v) is 8.35. The number of benzene rings is 4. The summed E-state index contributed by atoms with van der Waals surface area (Å²) in [5, 5.41) is 2.40. The molecule has 3 aromatic heterocycles. The summed E-state index contributed by atoms with van der Waals surface area (Å²) in [6.45, 7) is 0. The van der Waals surface area contributed by atoms with Gasteiger partial charge in [0.05, 0.1) is 22.8 Å². The topological polar surface area (TPSA) is 33.9 Å². The molecule has 0 atom stereocenters. The van der Waals surface area contributed by atoms with Gasteiger partial charge in [0, 0.05) is 27.5 Å². The van der Waals surface area contributed by atoms with E-state index in [1.807, 2.05) is 12.1 Å². The molecule has 0 radical (unpaired) electrons. The molecule has 7 rings (SSSR count). The average molecular weight is 425 g/mol. The highest BCUT2D eigenvalue weighted by molar-refractivity contribution is 6.18. The molecule has 3 nitrogen and oxygen atoms in total. The van der Waals surface area contributed by atoms with Gasteiger partial charge in [-0.25, -0.2) is 0 Å². The minimum atomic E-state index is 0.876. The predicted molar refractivity (Wildman–Crippen MR) is 136 cm³/mol. The number of para-hydroxylation sites is 1. The van der Waals surface area contributed by atoms with E-state index in [4.69, 9.17) is 4.42 Å². The molecule has 3 heteroatoms. The number of nitrogens with zero attached hydrogens (tertiary/aromatic N) is 1. The van der Waals surface area contributed by atoms with E-state index in [-0.39, 0.29) is 0 Å². The zero-order valence-electron chi connectivity index (χ0n) is 17.8. The minimum absolute atomic E-state index is 0.876. The van der Waals surface area contributed by atoms with Crippen molar-refractivity contribution in [3.05, 3.63) is 115 Å². The van der Waals surface area contributed by atoms with Crippen LogP contribution in [-0.2, 0) is 0 Å². The van der Waals surface area contributed by atoms with Gasteiger partial charge in [-0.15, -0.1) is 0 Å². The maximum atomic E-state index is 5.67. The van der Waals surface area contributed by atoms with Crippen molar-refractivity contribution in [2.45, 2.75) is 0 Å². The summed E-state index contributed by atoms with van der Waals surface area (Å²) in [6, 6.07) is 38.3. The number of fused-ring (bicyclic) bond motifs is 5. The first-order chi connectivity index (χ1) is 16.4. The third-order valence-electron chi connectivity index (χ3n) is 6.45. The van der Waals surface area contributed by atoms with Crippen LogP contribution in [-0.4, -0.2) is 9.55 Å². The summed E-state index contributed by atoms with van der Waals surface area (Å²) in [7, 11) is 0. The number of nitrogens with one attached hydrogen (secondary N) is 1. The fourth-order valence-electron chi connectivity index (χ4n) is 4.90. The van der Waals surface area contributed by atoms with Gasteiger partial charge in [0.15, 0.2) is 0 Å². The maximum absolute atomic E-state index is 5.67. The lowest BCUT2D eigenvalue weighted by molar-refractivity contribution is 0.582. The first kappa shape index (κ1) is 18.1. The van der Waals surface area contributed by atoms with E-state index in [9.17, 15) is 0 Å². The number of hydrogen-bond acceptors (Lipinski definition) is 1. The molecule has 156 valence electrons.